The molecule has 4 rings (SSSR count). The molecule has 0 spiro atoms. The molecule has 2 fully saturated rings. The van der Waals surface area contributed by atoms with E-state index >= 15 is 0 Å². The van der Waals surface area contributed by atoms with Gasteiger partial charge in [-0.2, -0.15) is 0 Å². The van der Waals surface area contributed by atoms with Crippen LogP contribution in [-0.2, 0) is 0 Å². The quantitative estimate of drug-likeness (QED) is 0.786. The number of fused-ring (bicyclic) bond motifs is 2. The van der Waals surface area contributed by atoms with Crippen LogP contribution >= 0.6 is 0 Å². The highest BCUT2D eigenvalue weighted by Crippen LogP contribution is 2.43. The lowest BCUT2D eigenvalue weighted by Gasteiger charge is -2.15. The molecule has 2 heterocycles. The number of benzene rings is 1. The predicted molar refractivity (Wildman–Crippen MR) is 67.7 cm³/mol. The van der Waals surface area contributed by atoms with Gasteiger partial charge in [0.1, 0.15) is 5.82 Å². The molecule has 1 saturated heterocycles. The second kappa shape index (κ2) is 3.57. The maximum Gasteiger partial charge on any atom is 0.124 e. The standard InChI is InChI=1S/C14H17N3/c1-2-7-12-11(6-1)16-14(17-12)13-10-5-3-4-9(10)8-15-13/h1-2,6-7,9-10,13,15H,3-5,8H2,(H,16,17). The van der Waals surface area contributed by atoms with Gasteiger partial charge in [-0.25, -0.2) is 4.98 Å². The summed E-state index contributed by atoms with van der Waals surface area (Å²) in [5.41, 5.74) is 2.25. The normalized spacial score (nSPS) is 32.1. The van der Waals surface area contributed by atoms with E-state index in [1.165, 1.54) is 25.8 Å². The number of nitrogens with zero attached hydrogens (tertiary/aromatic N) is 1. The topological polar surface area (TPSA) is 40.7 Å². The van der Waals surface area contributed by atoms with Crippen LogP contribution in [0.25, 0.3) is 11.0 Å². The van der Waals surface area contributed by atoms with Crippen LogP contribution in [0.4, 0.5) is 0 Å². The number of para-hydroxylation sites is 2. The van der Waals surface area contributed by atoms with E-state index in [1.54, 1.807) is 0 Å². The van der Waals surface area contributed by atoms with Crippen molar-refractivity contribution in [1.82, 2.24) is 15.3 Å². The minimum Gasteiger partial charge on any atom is -0.341 e. The number of imidazole rings is 1. The SMILES string of the molecule is c1ccc2[nH]c(C3NCC4CCCC43)nc2c1. The summed E-state index contributed by atoms with van der Waals surface area (Å²) >= 11 is 0. The van der Waals surface area contributed by atoms with Crippen LogP contribution in [0.15, 0.2) is 24.3 Å². The molecule has 1 aromatic carbocycles. The van der Waals surface area contributed by atoms with Crippen LogP contribution in [0, 0.1) is 11.8 Å². The fourth-order valence-electron chi connectivity index (χ4n) is 3.61. The Hall–Kier alpha value is -1.35. The molecule has 1 saturated carbocycles. The van der Waals surface area contributed by atoms with Gasteiger partial charge >= 0.3 is 0 Å². The lowest BCUT2D eigenvalue weighted by Crippen LogP contribution is -2.18. The highest BCUT2D eigenvalue weighted by atomic mass is 15.1. The molecule has 0 radical (unpaired) electrons. The smallest absolute Gasteiger partial charge is 0.124 e. The minimum atomic E-state index is 0.454. The van der Waals surface area contributed by atoms with E-state index in [-0.39, 0.29) is 0 Å². The maximum atomic E-state index is 4.74. The summed E-state index contributed by atoms with van der Waals surface area (Å²) in [6.07, 6.45) is 4.15. The summed E-state index contributed by atoms with van der Waals surface area (Å²) in [6.45, 7) is 1.17. The molecule has 17 heavy (non-hydrogen) atoms. The summed E-state index contributed by atoms with van der Waals surface area (Å²) < 4.78 is 0. The van der Waals surface area contributed by atoms with Gasteiger partial charge in [-0.1, -0.05) is 18.6 Å². The zero-order chi connectivity index (χ0) is 11.2. The second-order valence-corrected chi connectivity index (χ2v) is 5.38. The molecule has 1 aliphatic heterocycles. The Morgan fingerprint density at radius 2 is 2.12 bits per heavy atom. The number of aromatic nitrogens is 2. The first kappa shape index (κ1) is 9.66. The van der Waals surface area contributed by atoms with Gasteiger partial charge in [-0.15, -0.1) is 0 Å². The number of nitrogens with one attached hydrogen (secondary N) is 2. The molecule has 0 amide bonds. The summed E-state index contributed by atoms with van der Waals surface area (Å²) in [4.78, 5) is 8.21. The van der Waals surface area contributed by atoms with E-state index in [2.05, 4.69) is 28.5 Å². The Morgan fingerprint density at radius 3 is 3.06 bits per heavy atom. The van der Waals surface area contributed by atoms with Gasteiger partial charge in [-0.05, 0) is 43.4 Å². The Labute approximate surface area is 101 Å². The molecule has 3 unspecified atom stereocenters. The summed E-state index contributed by atoms with van der Waals surface area (Å²) in [5, 5.41) is 3.64. The Morgan fingerprint density at radius 1 is 1.18 bits per heavy atom. The van der Waals surface area contributed by atoms with Gasteiger partial charge in [0, 0.05) is 0 Å². The van der Waals surface area contributed by atoms with Crippen molar-refractivity contribution < 1.29 is 0 Å². The van der Waals surface area contributed by atoms with E-state index in [4.69, 9.17) is 4.98 Å². The van der Waals surface area contributed by atoms with Gasteiger partial charge in [-0.3, -0.25) is 0 Å². The molecule has 88 valence electrons. The molecule has 3 heteroatoms. The highest BCUT2D eigenvalue weighted by molar-refractivity contribution is 5.74. The second-order valence-electron chi connectivity index (χ2n) is 5.38. The summed E-state index contributed by atoms with van der Waals surface area (Å²) in [7, 11) is 0. The summed E-state index contributed by atoms with van der Waals surface area (Å²) in [6, 6.07) is 8.75. The van der Waals surface area contributed by atoms with Crippen LogP contribution in [-0.4, -0.2) is 16.5 Å². The number of aromatic amines is 1. The summed E-state index contributed by atoms with van der Waals surface area (Å²) in [5.74, 6) is 2.82. The van der Waals surface area contributed by atoms with Crippen molar-refractivity contribution in [2.45, 2.75) is 25.3 Å². The lowest BCUT2D eigenvalue weighted by atomic mass is 9.94. The molecule has 1 aliphatic carbocycles. The fraction of sp³-hybridized carbons (Fsp3) is 0.500. The van der Waals surface area contributed by atoms with Gasteiger partial charge < -0.3 is 10.3 Å². The van der Waals surface area contributed by atoms with Gasteiger partial charge in [0.15, 0.2) is 0 Å². The van der Waals surface area contributed by atoms with Crippen molar-refractivity contribution in [1.29, 1.82) is 0 Å². The largest absolute Gasteiger partial charge is 0.341 e. The first-order valence-corrected chi connectivity index (χ1v) is 6.60. The van der Waals surface area contributed by atoms with Gasteiger partial charge in [0.2, 0.25) is 0 Å². The molecule has 1 aromatic heterocycles. The Kier molecular flexibility index (Phi) is 2.03. The molecule has 2 N–H and O–H groups in total. The zero-order valence-electron chi connectivity index (χ0n) is 9.82. The monoisotopic (exact) mass is 227 g/mol. The van der Waals surface area contributed by atoms with Crippen molar-refractivity contribution in [2.24, 2.45) is 11.8 Å². The van der Waals surface area contributed by atoms with Gasteiger partial charge in [0.05, 0.1) is 17.1 Å². The third-order valence-corrected chi connectivity index (χ3v) is 4.45. The van der Waals surface area contributed by atoms with E-state index in [0.717, 1.165) is 28.7 Å². The van der Waals surface area contributed by atoms with Crippen LogP contribution in [0.2, 0.25) is 0 Å². The molecule has 2 aromatic rings. The molecule has 0 bridgehead atoms. The van der Waals surface area contributed by atoms with E-state index in [1.807, 2.05) is 6.07 Å². The first-order chi connectivity index (χ1) is 8.42. The Balaban J connectivity index is 1.74. The van der Waals surface area contributed by atoms with E-state index in [9.17, 15) is 0 Å². The maximum absolute atomic E-state index is 4.74. The minimum absolute atomic E-state index is 0.454. The van der Waals surface area contributed by atoms with E-state index in [0.29, 0.717) is 6.04 Å². The average molecular weight is 227 g/mol. The van der Waals surface area contributed by atoms with Crippen LogP contribution in [0.3, 0.4) is 0 Å². The number of hydrogen-bond donors (Lipinski definition) is 2. The van der Waals surface area contributed by atoms with Crippen molar-refractivity contribution >= 4 is 11.0 Å². The Bertz CT molecular complexity index is 512. The van der Waals surface area contributed by atoms with Crippen LogP contribution in [0.1, 0.15) is 31.1 Å². The molecular formula is C14H17N3. The fourth-order valence-corrected chi connectivity index (χ4v) is 3.61. The van der Waals surface area contributed by atoms with Gasteiger partial charge in [0.25, 0.3) is 0 Å². The first-order valence-electron chi connectivity index (χ1n) is 6.60. The lowest BCUT2D eigenvalue weighted by molar-refractivity contribution is 0.410. The zero-order valence-corrected chi connectivity index (χ0v) is 9.82. The highest BCUT2D eigenvalue weighted by Gasteiger charge is 2.40. The van der Waals surface area contributed by atoms with Crippen LogP contribution in [0.5, 0.6) is 0 Å². The third kappa shape index (κ3) is 1.42. The predicted octanol–water partition coefficient (Wildman–Crippen LogP) is 2.62. The van der Waals surface area contributed by atoms with Crippen molar-refractivity contribution in [3.05, 3.63) is 30.1 Å². The molecule has 3 atom stereocenters. The van der Waals surface area contributed by atoms with Crippen molar-refractivity contribution in [3.63, 3.8) is 0 Å². The number of hydrogen-bond acceptors (Lipinski definition) is 2. The van der Waals surface area contributed by atoms with Crippen molar-refractivity contribution in [3.8, 4) is 0 Å². The molecule has 2 aliphatic rings. The van der Waals surface area contributed by atoms with Crippen LogP contribution < -0.4 is 5.32 Å². The molecular weight excluding hydrogens is 210 g/mol. The van der Waals surface area contributed by atoms with Crippen molar-refractivity contribution in [2.75, 3.05) is 6.54 Å². The van der Waals surface area contributed by atoms with E-state index < -0.39 is 0 Å². The number of rotatable bonds is 1. The molecule has 3 nitrogen and oxygen atoms in total. The third-order valence-electron chi connectivity index (χ3n) is 4.45. The number of H-pyrrole nitrogens is 1. The average Bonchev–Trinajstić information content (AvgIpc) is 3.02.